The Morgan fingerprint density at radius 1 is 1.00 bits per heavy atom. The maximum atomic E-state index is 13.5. The van der Waals surface area contributed by atoms with E-state index in [9.17, 15) is 17.2 Å². The average Bonchev–Trinajstić information content (AvgIpc) is 2.50. The lowest BCUT2D eigenvalue weighted by Crippen LogP contribution is -2.19. The van der Waals surface area contributed by atoms with Crippen LogP contribution in [0.2, 0.25) is 0 Å². The molecule has 2 N–H and O–H groups in total. The molecule has 2 aromatic carbocycles. The van der Waals surface area contributed by atoms with Crippen LogP contribution in [0.5, 0.6) is 0 Å². The second kappa shape index (κ2) is 6.95. The van der Waals surface area contributed by atoms with Gasteiger partial charge in [-0.2, -0.15) is 0 Å². The van der Waals surface area contributed by atoms with E-state index in [0.717, 1.165) is 0 Å². The van der Waals surface area contributed by atoms with Gasteiger partial charge in [-0.05, 0) is 36.9 Å². The predicted octanol–water partition coefficient (Wildman–Crippen LogP) is 2.16. The summed E-state index contributed by atoms with van der Waals surface area (Å²) in [6.07, 6.45) is 0. The van der Waals surface area contributed by atoms with Crippen molar-refractivity contribution in [3.8, 4) is 0 Å². The predicted molar refractivity (Wildman–Crippen MR) is 79.6 cm³/mol. The summed E-state index contributed by atoms with van der Waals surface area (Å²) in [6, 6.07) is 10.0. The first-order chi connectivity index (χ1) is 10.4. The van der Waals surface area contributed by atoms with E-state index in [2.05, 4.69) is 10.0 Å². The molecule has 0 radical (unpaired) electrons. The average molecular weight is 326 g/mol. The second-order valence-corrected chi connectivity index (χ2v) is 6.55. The molecule has 2 rings (SSSR count). The number of hydrogen-bond donors (Lipinski definition) is 2. The quantitative estimate of drug-likeness (QED) is 0.855. The molecule has 0 saturated carbocycles. The van der Waals surface area contributed by atoms with Crippen molar-refractivity contribution in [1.29, 1.82) is 0 Å². The van der Waals surface area contributed by atoms with Gasteiger partial charge in [0.05, 0.1) is 4.90 Å². The molecule has 0 aliphatic rings. The fraction of sp³-hybridized carbons (Fsp3) is 0.200. The summed E-state index contributed by atoms with van der Waals surface area (Å²) in [5, 5.41) is 2.90. The summed E-state index contributed by atoms with van der Waals surface area (Å²) >= 11 is 0. The van der Waals surface area contributed by atoms with E-state index in [-0.39, 0.29) is 17.0 Å². The molecule has 0 aliphatic heterocycles. The van der Waals surface area contributed by atoms with Gasteiger partial charge in [0.1, 0.15) is 11.6 Å². The van der Waals surface area contributed by atoms with Crippen molar-refractivity contribution in [3.63, 3.8) is 0 Å². The van der Waals surface area contributed by atoms with Crippen LogP contribution in [0.3, 0.4) is 0 Å². The zero-order chi connectivity index (χ0) is 16.2. The van der Waals surface area contributed by atoms with Crippen LogP contribution in [-0.4, -0.2) is 15.5 Å². The van der Waals surface area contributed by atoms with Gasteiger partial charge in [-0.15, -0.1) is 0 Å². The highest BCUT2D eigenvalue weighted by Gasteiger charge is 2.11. The third-order valence-corrected chi connectivity index (χ3v) is 4.58. The first kappa shape index (κ1) is 16.5. The van der Waals surface area contributed by atoms with Crippen LogP contribution < -0.4 is 10.0 Å². The number of benzene rings is 2. The third-order valence-electron chi connectivity index (χ3n) is 3.17. The molecular weight excluding hydrogens is 310 g/mol. The van der Waals surface area contributed by atoms with Crippen molar-refractivity contribution in [2.45, 2.75) is 18.0 Å². The Hall–Kier alpha value is -1.83. The van der Waals surface area contributed by atoms with Gasteiger partial charge < -0.3 is 5.32 Å². The maximum absolute atomic E-state index is 13.5. The van der Waals surface area contributed by atoms with Gasteiger partial charge in [-0.25, -0.2) is 21.9 Å². The largest absolute Gasteiger partial charge is 0.308 e. The van der Waals surface area contributed by atoms with Crippen LogP contribution >= 0.6 is 0 Å². The van der Waals surface area contributed by atoms with Crippen LogP contribution in [0, 0.1) is 11.6 Å². The summed E-state index contributed by atoms with van der Waals surface area (Å²) in [7, 11) is -2.17. The Kier molecular flexibility index (Phi) is 5.23. The Bertz CT molecular complexity index is 744. The van der Waals surface area contributed by atoms with Crippen LogP contribution in [0.4, 0.5) is 8.78 Å². The number of sulfonamides is 1. The molecule has 0 unspecified atom stereocenters. The smallest absolute Gasteiger partial charge is 0.240 e. The van der Waals surface area contributed by atoms with E-state index in [1.54, 1.807) is 12.1 Å². The van der Waals surface area contributed by atoms with Crippen molar-refractivity contribution in [3.05, 3.63) is 65.2 Å². The summed E-state index contributed by atoms with van der Waals surface area (Å²) in [5.41, 5.74) is 0.662. The van der Waals surface area contributed by atoms with Crippen molar-refractivity contribution < 1.29 is 17.2 Å². The number of halogens is 2. The van der Waals surface area contributed by atoms with Gasteiger partial charge in [0, 0.05) is 18.7 Å². The fourth-order valence-corrected chi connectivity index (χ4v) is 2.77. The minimum absolute atomic E-state index is 0.0154. The Morgan fingerprint density at radius 2 is 1.64 bits per heavy atom. The number of nitrogens with one attached hydrogen (secondary N) is 2. The molecule has 0 saturated heterocycles. The highest BCUT2D eigenvalue weighted by molar-refractivity contribution is 7.89. The Balaban J connectivity index is 2.05. The zero-order valence-corrected chi connectivity index (χ0v) is 12.8. The Labute approximate surface area is 128 Å². The molecule has 2 aromatic rings. The molecule has 0 amide bonds. The van der Waals surface area contributed by atoms with Crippen LogP contribution in [0.15, 0.2) is 47.4 Å². The van der Waals surface area contributed by atoms with Crippen molar-refractivity contribution in [1.82, 2.24) is 10.0 Å². The van der Waals surface area contributed by atoms with Crippen molar-refractivity contribution in [2.24, 2.45) is 0 Å². The van der Waals surface area contributed by atoms with Crippen LogP contribution in [-0.2, 0) is 23.1 Å². The molecule has 0 aromatic heterocycles. The molecule has 0 spiro atoms. The molecule has 7 heteroatoms. The second-order valence-electron chi connectivity index (χ2n) is 4.66. The fourth-order valence-electron chi connectivity index (χ4n) is 1.97. The normalized spacial score (nSPS) is 11.6. The number of hydrogen-bond acceptors (Lipinski definition) is 3. The lowest BCUT2D eigenvalue weighted by atomic mass is 10.2. The van der Waals surface area contributed by atoms with Crippen molar-refractivity contribution in [2.75, 3.05) is 7.05 Å². The molecule has 4 nitrogen and oxygen atoms in total. The Morgan fingerprint density at radius 3 is 2.27 bits per heavy atom. The molecule has 0 heterocycles. The first-order valence-corrected chi connectivity index (χ1v) is 8.08. The van der Waals surface area contributed by atoms with E-state index < -0.39 is 21.7 Å². The van der Waals surface area contributed by atoms with Crippen LogP contribution in [0.1, 0.15) is 11.1 Å². The molecule has 0 fully saturated rings. The van der Waals surface area contributed by atoms with E-state index in [0.29, 0.717) is 12.1 Å². The molecule has 0 aliphatic carbocycles. The molecule has 118 valence electrons. The summed E-state index contributed by atoms with van der Waals surface area (Å²) in [6.45, 7) is 0.308. The van der Waals surface area contributed by atoms with E-state index >= 15 is 0 Å². The van der Waals surface area contributed by atoms with E-state index in [1.807, 2.05) is 0 Å². The minimum atomic E-state index is -3.51. The minimum Gasteiger partial charge on any atom is -0.308 e. The van der Waals surface area contributed by atoms with E-state index in [1.165, 1.54) is 37.4 Å². The summed E-state index contributed by atoms with van der Waals surface area (Å²) in [4.78, 5) is 0.145. The van der Waals surface area contributed by atoms with Gasteiger partial charge in [-0.1, -0.05) is 18.2 Å². The standard InChI is InChI=1S/C15H16F2N2O2S/c1-18-22(20,21)12-5-2-4-11(8-12)9-19-10-13-14(16)6-3-7-15(13)17/h2-8,18-19H,9-10H2,1H3. The first-order valence-electron chi connectivity index (χ1n) is 6.60. The van der Waals surface area contributed by atoms with Gasteiger partial charge in [-0.3, -0.25) is 0 Å². The maximum Gasteiger partial charge on any atom is 0.240 e. The van der Waals surface area contributed by atoms with Gasteiger partial charge >= 0.3 is 0 Å². The highest BCUT2D eigenvalue weighted by Crippen LogP contribution is 2.13. The monoisotopic (exact) mass is 326 g/mol. The molecule has 0 atom stereocenters. The third kappa shape index (κ3) is 3.88. The topological polar surface area (TPSA) is 58.2 Å². The van der Waals surface area contributed by atoms with E-state index in [4.69, 9.17) is 0 Å². The van der Waals surface area contributed by atoms with Crippen LogP contribution in [0.25, 0.3) is 0 Å². The van der Waals surface area contributed by atoms with Crippen molar-refractivity contribution >= 4 is 10.0 Å². The highest BCUT2D eigenvalue weighted by atomic mass is 32.2. The van der Waals surface area contributed by atoms with Gasteiger partial charge in [0.25, 0.3) is 0 Å². The lowest BCUT2D eigenvalue weighted by molar-refractivity contribution is 0.535. The molecule has 0 bridgehead atoms. The lowest BCUT2D eigenvalue weighted by Gasteiger charge is -2.09. The molecular formula is C15H16F2N2O2S. The number of rotatable bonds is 6. The van der Waals surface area contributed by atoms with Gasteiger partial charge in [0.2, 0.25) is 10.0 Å². The summed E-state index contributed by atoms with van der Waals surface area (Å²) < 4.78 is 52.6. The summed E-state index contributed by atoms with van der Waals surface area (Å²) in [5.74, 6) is -1.22. The SMILES string of the molecule is CNS(=O)(=O)c1cccc(CNCc2c(F)cccc2F)c1. The molecule has 22 heavy (non-hydrogen) atoms. The zero-order valence-electron chi connectivity index (χ0n) is 11.9. The van der Waals surface area contributed by atoms with Gasteiger partial charge in [0.15, 0.2) is 0 Å².